The molecule has 0 saturated heterocycles. The summed E-state index contributed by atoms with van der Waals surface area (Å²) >= 11 is 0. The molecule has 0 fully saturated rings. The van der Waals surface area contributed by atoms with E-state index in [1.54, 1.807) is 37.4 Å². The molecule has 2 aromatic rings. The Morgan fingerprint density at radius 3 is 2.36 bits per heavy atom. The highest BCUT2D eigenvalue weighted by Crippen LogP contribution is 2.27. The molecule has 0 unspecified atom stereocenters. The third-order valence-electron chi connectivity index (χ3n) is 3.37. The lowest BCUT2D eigenvalue weighted by Gasteiger charge is -2.12. The molecule has 0 aromatic heterocycles. The Hall–Kier alpha value is -2.74. The quantitative estimate of drug-likeness (QED) is 0.784. The van der Waals surface area contributed by atoms with Crippen LogP contribution in [-0.4, -0.2) is 34.8 Å². The molecule has 0 aliphatic rings. The molecule has 25 heavy (non-hydrogen) atoms. The number of para-hydroxylation sites is 1. The molecule has 0 atom stereocenters. The summed E-state index contributed by atoms with van der Waals surface area (Å²) in [6, 6.07) is 11.7. The van der Waals surface area contributed by atoms with Crippen LogP contribution >= 0.6 is 0 Å². The highest BCUT2D eigenvalue weighted by atomic mass is 32.2. The molecule has 0 saturated carbocycles. The number of sulfonamides is 1. The van der Waals surface area contributed by atoms with Crippen molar-refractivity contribution in [2.24, 2.45) is 0 Å². The second kappa shape index (κ2) is 7.89. The number of anilines is 1. The predicted octanol–water partition coefficient (Wildman–Crippen LogP) is 2.01. The van der Waals surface area contributed by atoms with Gasteiger partial charge < -0.3 is 14.8 Å². The van der Waals surface area contributed by atoms with Crippen LogP contribution in [0.1, 0.15) is 15.9 Å². The zero-order valence-electron chi connectivity index (χ0n) is 14.2. The van der Waals surface area contributed by atoms with Gasteiger partial charge in [-0.2, -0.15) is 0 Å². The molecule has 0 bridgehead atoms. The first-order valence-corrected chi connectivity index (χ1v) is 9.29. The van der Waals surface area contributed by atoms with E-state index in [0.717, 1.165) is 11.8 Å². The molecule has 134 valence electrons. The SMILES string of the molecule is COc1ccc(CNC(=O)c2ccccc2NS(C)(=O)=O)cc1OC. The van der Waals surface area contributed by atoms with Gasteiger partial charge in [0.05, 0.1) is 31.7 Å². The average molecular weight is 364 g/mol. The maximum absolute atomic E-state index is 12.4. The van der Waals surface area contributed by atoms with Gasteiger partial charge in [0.2, 0.25) is 10.0 Å². The van der Waals surface area contributed by atoms with Crippen LogP contribution in [0.5, 0.6) is 11.5 Å². The van der Waals surface area contributed by atoms with E-state index in [1.165, 1.54) is 13.2 Å². The molecule has 2 rings (SSSR count). The Labute approximate surface area is 147 Å². The summed E-state index contributed by atoms with van der Waals surface area (Å²) in [6.07, 6.45) is 1.03. The van der Waals surface area contributed by atoms with Crippen LogP contribution in [0.4, 0.5) is 5.69 Å². The minimum atomic E-state index is -3.48. The van der Waals surface area contributed by atoms with E-state index in [4.69, 9.17) is 9.47 Å². The van der Waals surface area contributed by atoms with Crippen molar-refractivity contribution in [3.63, 3.8) is 0 Å². The zero-order chi connectivity index (χ0) is 18.4. The van der Waals surface area contributed by atoms with Crippen molar-refractivity contribution in [2.45, 2.75) is 6.54 Å². The minimum absolute atomic E-state index is 0.231. The van der Waals surface area contributed by atoms with E-state index in [9.17, 15) is 13.2 Å². The number of carbonyl (C=O) groups excluding carboxylic acids is 1. The third-order valence-corrected chi connectivity index (χ3v) is 3.96. The van der Waals surface area contributed by atoms with Crippen molar-refractivity contribution in [1.29, 1.82) is 0 Å². The van der Waals surface area contributed by atoms with Gasteiger partial charge in [-0.1, -0.05) is 18.2 Å². The number of hydrogen-bond acceptors (Lipinski definition) is 5. The smallest absolute Gasteiger partial charge is 0.253 e. The second-order valence-electron chi connectivity index (χ2n) is 5.29. The molecule has 1 amide bonds. The predicted molar refractivity (Wildman–Crippen MR) is 95.6 cm³/mol. The van der Waals surface area contributed by atoms with E-state index in [-0.39, 0.29) is 23.7 Å². The van der Waals surface area contributed by atoms with Gasteiger partial charge in [0.1, 0.15) is 0 Å². The average Bonchev–Trinajstić information content (AvgIpc) is 2.58. The van der Waals surface area contributed by atoms with Crippen molar-refractivity contribution >= 4 is 21.6 Å². The maximum Gasteiger partial charge on any atom is 0.253 e. The van der Waals surface area contributed by atoms with E-state index >= 15 is 0 Å². The van der Waals surface area contributed by atoms with Gasteiger partial charge in [0.15, 0.2) is 11.5 Å². The molecule has 2 aromatic carbocycles. The fourth-order valence-electron chi connectivity index (χ4n) is 2.24. The summed E-state index contributed by atoms with van der Waals surface area (Å²) in [4.78, 5) is 12.4. The maximum atomic E-state index is 12.4. The van der Waals surface area contributed by atoms with Crippen molar-refractivity contribution in [2.75, 3.05) is 25.2 Å². The molecule has 7 nitrogen and oxygen atoms in total. The molecule has 2 N–H and O–H groups in total. The van der Waals surface area contributed by atoms with E-state index in [0.29, 0.717) is 11.5 Å². The minimum Gasteiger partial charge on any atom is -0.493 e. The zero-order valence-corrected chi connectivity index (χ0v) is 15.0. The summed E-state index contributed by atoms with van der Waals surface area (Å²) in [5.74, 6) is 0.773. The first kappa shape index (κ1) is 18.6. The van der Waals surface area contributed by atoms with Crippen molar-refractivity contribution in [3.8, 4) is 11.5 Å². The number of benzene rings is 2. The van der Waals surface area contributed by atoms with Crippen LogP contribution in [0.25, 0.3) is 0 Å². The lowest BCUT2D eigenvalue weighted by Crippen LogP contribution is -2.24. The van der Waals surface area contributed by atoms with Crippen LogP contribution in [0.2, 0.25) is 0 Å². The molecular weight excluding hydrogens is 344 g/mol. The van der Waals surface area contributed by atoms with E-state index in [2.05, 4.69) is 10.0 Å². The van der Waals surface area contributed by atoms with E-state index in [1.807, 2.05) is 6.07 Å². The largest absolute Gasteiger partial charge is 0.493 e. The highest BCUT2D eigenvalue weighted by molar-refractivity contribution is 7.92. The van der Waals surface area contributed by atoms with Crippen molar-refractivity contribution in [3.05, 3.63) is 53.6 Å². The Kier molecular flexibility index (Phi) is 5.87. The Morgan fingerprint density at radius 2 is 1.72 bits per heavy atom. The number of ether oxygens (including phenoxy) is 2. The number of methoxy groups -OCH3 is 2. The number of hydrogen-bond donors (Lipinski definition) is 2. The molecule has 8 heteroatoms. The van der Waals surface area contributed by atoms with Crippen LogP contribution in [0, 0.1) is 0 Å². The third kappa shape index (κ3) is 5.12. The molecule has 0 aliphatic heterocycles. The molecular formula is C17H20N2O5S. The topological polar surface area (TPSA) is 93.7 Å². The Morgan fingerprint density at radius 1 is 1.04 bits per heavy atom. The molecule has 0 aliphatic carbocycles. The van der Waals surface area contributed by atoms with Crippen LogP contribution < -0.4 is 19.5 Å². The number of amides is 1. The van der Waals surface area contributed by atoms with Crippen LogP contribution in [0.3, 0.4) is 0 Å². The van der Waals surface area contributed by atoms with Crippen LogP contribution in [-0.2, 0) is 16.6 Å². The fraction of sp³-hybridized carbons (Fsp3) is 0.235. The molecule has 0 spiro atoms. The second-order valence-corrected chi connectivity index (χ2v) is 7.04. The van der Waals surface area contributed by atoms with Gasteiger partial charge in [0.25, 0.3) is 5.91 Å². The molecule has 0 radical (unpaired) electrons. The van der Waals surface area contributed by atoms with Gasteiger partial charge in [-0.25, -0.2) is 8.42 Å². The first-order chi connectivity index (χ1) is 11.8. The highest BCUT2D eigenvalue weighted by Gasteiger charge is 2.14. The van der Waals surface area contributed by atoms with E-state index < -0.39 is 10.0 Å². The van der Waals surface area contributed by atoms with Crippen LogP contribution in [0.15, 0.2) is 42.5 Å². The Balaban J connectivity index is 2.13. The van der Waals surface area contributed by atoms with Gasteiger partial charge in [-0.3, -0.25) is 9.52 Å². The van der Waals surface area contributed by atoms with Gasteiger partial charge >= 0.3 is 0 Å². The monoisotopic (exact) mass is 364 g/mol. The number of rotatable bonds is 7. The Bertz CT molecular complexity index is 865. The fourth-order valence-corrected chi connectivity index (χ4v) is 2.82. The number of nitrogens with one attached hydrogen (secondary N) is 2. The summed E-state index contributed by atoms with van der Waals surface area (Å²) in [5, 5.41) is 2.76. The standard InChI is InChI=1S/C17H20N2O5S/c1-23-15-9-8-12(10-16(15)24-2)11-18-17(20)13-6-4-5-7-14(13)19-25(3,21)22/h4-10,19H,11H2,1-3H3,(H,18,20). The summed E-state index contributed by atoms with van der Waals surface area (Å²) in [5.41, 5.74) is 1.29. The van der Waals surface area contributed by atoms with Crippen molar-refractivity contribution < 1.29 is 22.7 Å². The summed E-state index contributed by atoms with van der Waals surface area (Å²) in [6.45, 7) is 0.256. The van der Waals surface area contributed by atoms with Gasteiger partial charge in [0, 0.05) is 6.54 Å². The lowest BCUT2D eigenvalue weighted by molar-refractivity contribution is 0.0951. The van der Waals surface area contributed by atoms with Crippen molar-refractivity contribution in [1.82, 2.24) is 5.32 Å². The van der Waals surface area contributed by atoms with Gasteiger partial charge in [-0.05, 0) is 29.8 Å². The normalized spacial score (nSPS) is 10.8. The molecule has 0 heterocycles. The summed E-state index contributed by atoms with van der Waals surface area (Å²) < 4.78 is 35.6. The first-order valence-electron chi connectivity index (χ1n) is 7.40. The van der Waals surface area contributed by atoms with Gasteiger partial charge in [-0.15, -0.1) is 0 Å². The lowest BCUT2D eigenvalue weighted by atomic mass is 10.1. The number of carbonyl (C=O) groups is 1. The summed E-state index contributed by atoms with van der Waals surface area (Å²) in [7, 11) is -0.396.